The molecule has 0 aliphatic rings. The van der Waals surface area contributed by atoms with Gasteiger partial charge < -0.3 is 30.1 Å². The third kappa shape index (κ3) is 11.1. The minimum atomic E-state index is -1.37. The van der Waals surface area contributed by atoms with Crippen LogP contribution in [0.2, 0.25) is 0 Å². The van der Waals surface area contributed by atoms with Crippen LogP contribution in [-0.4, -0.2) is 70.3 Å². The summed E-state index contributed by atoms with van der Waals surface area (Å²) in [5, 5.41) is 15.2. The average Bonchev–Trinajstić information content (AvgIpc) is 2.90. The fraction of sp³-hybridized carbons (Fsp3) is 0.455. The van der Waals surface area contributed by atoms with E-state index in [2.05, 4.69) is 16.6 Å². The van der Waals surface area contributed by atoms with Crippen molar-refractivity contribution in [2.24, 2.45) is 0 Å². The number of nitrogens with one attached hydrogen (secondary N) is 2. The summed E-state index contributed by atoms with van der Waals surface area (Å²) in [6.07, 6.45) is 5.06. The zero-order chi connectivity index (χ0) is 32.4. The summed E-state index contributed by atoms with van der Waals surface area (Å²) in [6.45, 7) is 10.9. The standard InChI is InChI=1S/C33H43N3O7/c1-9-24-17-13-14-18-25(24)27(36(19-20-37)29(39)22(2)34-31(41)43-33(6,7)8)28(38)35-26(30(40)42-32(3,4)5)21-23-15-11-10-12-16-23/h1,10-18,22,26-27,37H,19-21H2,2-8H3,(H,34,41)(H,35,38). The molecule has 43 heavy (non-hydrogen) atoms. The summed E-state index contributed by atoms with van der Waals surface area (Å²) in [7, 11) is 0. The molecule has 232 valence electrons. The molecule has 3 N–H and O–H groups in total. The van der Waals surface area contributed by atoms with Crippen LogP contribution in [0.1, 0.15) is 71.2 Å². The van der Waals surface area contributed by atoms with Gasteiger partial charge in [-0.05, 0) is 65.7 Å². The number of amides is 3. The molecule has 3 amide bonds. The smallest absolute Gasteiger partial charge is 0.408 e. The molecule has 0 heterocycles. The Morgan fingerprint density at radius 2 is 1.49 bits per heavy atom. The minimum absolute atomic E-state index is 0.121. The van der Waals surface area contributed by atoms with Crippen LogP contribution in [0.5, 0.6) is 0 Å². The molecule has 0 saturated heterocycles. The zero-order valence-electron chi connectivity index (χ0n) is 26.0. The molecule has 0 aliphatic heterocycles. The Balaban J connectivity index is 2.54. The van der Waals surface area contributed by atoms with Crippen molar-refractivity contribution >= 4 is 23.9 Å². The molecule has 3 atom stereocenters. The molecule has 0 saturated carbocycles. The lowest BCUT2D eigenvalue weighted by atomic mass is 9.96. The number of aliphatic hydroxyl groups is 1. The van der Waals surface area contributed by atoms with Crippen LogP contribution in [-0.2, 0) is 30.3 Å². The topological polar surface area (TPSA) is 134 Å². The molecular weight excluding hydrogens is 550 g/mol. The molecule has 2 rings (SSSR count). The summed E-state index contributed by atoms with van der Waals surface area (Å²) >= 11 is 0. The molecule has 0 radical (unpaired) electrons. The van der Waals surface area contributed by atoms with Crippen molar-refractivity contribution in [3.05, 3.63) is 71.3 Å². The van der Waals surface area contributed by atoms with Gasteiger partial charge in [-0.2, -0.15) is 0 Å². The van der Waals surface area contributed by atoms with Gasteiger partial charge in [-0.1, -0.05) is 54.5 Å². The summed E-state index contributed by atoms with van der Waals surface area (Å²) in [6, 6.07) is 12.1. The number of carbonyl (C=O) groups is 4. The number of rotatable bonds is 11. The number of terminal acetylenes is 1. The Labute approximate surface area is 254 Å². The van der Waals surface area contributed by atoms with Crippen molar-refractivity contribution in [3.8, 4) is 12.3 Å². The van der Waals surface area contributed by atoms with Gasteiger partial charge in [0.1, 0.15) is 29.3 Å². The van der Waals surface area contributed by atoms with Crippen molar-refractivity contribution in [1.82, 2.24) is 15.5 Å². The maximum Gasteiger partial charge on any atom is 0.408 e. The van der Waals surface area contributed by atoms with Gasteiger partial charge in [0.2, 0.25) is 11.8 Å². The van der Waals surface area contributed by atoms with Crippen molar-refractivity contribution in [1.29, 1.82) is 0 Å². The number of alkyl carbamates (subject to hydrolysis) is 1. The van der Waals surface area contributed by atoms with E-state index in [1.165, 1.54) is 6.92 Å². The van der Waals surface area contributed by atoms with Crippen LogP contribution in [0.25, 0.3) is 0 Å². The maximum atomic E-state index is 14.2. The number of ether oxygens (including phenoxy) is 2. The fourth-order valence-electron chi connectivity index (χ4n) is 4.25. The van der Waals surface area contributed by atoms with E-state index in [0.717, 1.165) is 10.5 Å². The highest BCUT2D eigenvalue weighted by atomic mass is 16.6. The third-order valence-electron chi connectivity index (χ3n) is 5.99. The number of carbonyl (C=O) groups excluding carboxylic acids is 4. The summed E-state index contributed by atoms with van der Waals surface area (Å²) in [5.74, 6) is 0.482. The lowest BCUT2D eigenvalue weighted by Gasteiger charge is -2.34. The van der Waals surface area contributed by atoms with Crippen LogP contribution < -0.4 is 10.6 Å². The Morgan fingerprint density at radius 1 is 0.907 bits per heavy atom. The summed E-state index contributed by atoms with van der Waals surface area (Å²) < 4.78 is 10.9. The van der Waals surface area contributed by atoms with Crippen molar-refractivity contribution in [2.75, 3.05) is 13.2 Å². The molecule has 0 spiro atoms. The number of benzene rings is 2. The van der Waals surface area contributed by atoms with Crippen molar-refractivity contribution < 1.29 is 33.8 Å². The molecule has 0 aliphatic carbocycles. The lowest BCUT2D eigenvalue weighted by molar-refractivity contribution is -0.159. The Kier molecular flexibility index (Phi) is 12.3. The number of esters is 1. The Morgan fingerprint density at radius 3 is 2.05 bits per heavy atom. The summed E-state index contributed by atoms with van der Waals surface area (Å²) in [4.78, 5) is 54.8. The van der Waals surface area contributed by atoms with E-state index >= 15 is 0 Å². The van der Waals surface area contributed by atoms with Crippen LogP contribution >= 0.6 is 0 Å². The van der Waals surface area contributed by atoms with E-state index in [-0.39, 0.29) is 13.0 Å². The first kappa shape index (κ1) is 34.8. The molecule has 0 aromatic heterocycles. The molecule has 3 unspecified atom stereocenters. The van der Waals surface area contributed by atoms with Gasteiger partial charge in [0, 0.05) is 18.5 Å². The van der Waals surface area contributed by atoms with Gasteiger partial charge in [0.05, 0.1) is 6.61 Å². The third-order valence-corrected chi connectivity index (χ3v) is 5.99. The number of aliphatic hydroxyl groups excluding tert-OH is 1. The quantitative estimate of drug-likeness (QED) is 0.268. The van der Waals surface area contributed by atoms with Gasteiger partial charge in [-0.3, -0.25) is 9.59 Å². The maximum absolute atomic E-state index is 14.2. The van der Waals surface area contributed by atoms with E-state index in [1.54, 1.807) is 65.8 Å². The molecule has 10 nitrogen and oxygen atoms in total. The first-order valence-corrected chi connectivity index (χ1v) is 14.1. The van der Waals surface area contributed by atoms with E-state index in [9.17, 15) is 24.3 Å². The average molecular weight is 594 g/mol. The van der Waals surface area contributed by atoms with E-state index in [0.29, 0.717) is 11.1 Å². The first-order valence-electron chi connectivity index (χ1n) is 14.1. The molecule has 0 bridgehead atoms. The second kappa shape index (κ2) is 15.2. The van der Waals surface area contributed by atoms with Gasteiger partial charge in [-0.25, -0.2) is 9.59 Å². The number of hydrogen-bond donors (Lipinski definition) is 3. The fourth-order valence-corrected chi connectivity index (χ4v) is 4.25. The second-order valence-electron chi connectivity index (χ2n) is 12.0. The number of hydrogen-bond acceptors (Lipinski definition) is 7. The molecule has 2 aromatic carbocycles. The predicted molar refractivity (Wildman–Crippen MR) is 163 cm³/mol. The second-order valence-corrected chi connectivity index (χ2v) is 12.0. The monoisotopic (exact) mass is 593 g/mol. The largest absolute Gasteiger partial charge is 0.458 e. The van der Waals surface area contributed by atoms with Gasteiger partial charge in [0.15, 0.2) is 0 Å². The van der Waals surface area contributed by atoms with Crippen LogP contribution in [0.4, 0.5) is 4.79 Å². The Hall–Kier alpha value is -4.36. The van der Waals surface area contributed by atoms with Crippen LogP contribution in [0.3, 0.4) is 0 Å². The van der Waals surface area contributed by atoms with Crippen LogP contribution in [0.15, 0.2) is 54.6 Å². The van der Waals surface area contributed by atoms with Gasteiger partial charge >= 0.3 is 12.1 Å². The van der Waals surface area contributed by atoms with Gasteiger partial charge in [-0.15, -0.1) is 6.42 Å². The van der Waals surface area contributed by atoms with E-state index in [4.69, 9.17) is 15.9 Å². The molecule has 0 fully saturated rings. The van der Waals surface area contributed by atoms with Crippen molar-refractivity contribution in [3.63, 3.8) is 0 Å². The zero-order valence-corrected chi connectivity index (χ0v) is 26.0. The molecule has 2 aromatic rings. The number of nitrogens with zero attached hydrogens (tertiary/aromatic N) is 1. The summed E-state index contributed by atoms with van der Waals surface area (Å²) in [5.41, 5.74) is -0.216. The van der Waals surface area contributed by atoms with E-state index < -0.39 is 59.8 Å². The lowest BCUT2D eigenvalue weighted by Crippen LogP contribution is -2.55. The Bertz CT molecular complexity index is 1310. The highest BCUT2D eigenvalue weighted by molar-refractivity contribution is 5.94. The first-order chi connectivity index (χ1) is 20.1. The predicted octanol–water partition coefficient (Wildman–Crippen LogP) is 3.51. The van der Waals surface area contributed by atoms with Gasteiger partial charge in [0.25, 0.3) is 0 Å². The molecule has 10 heteroatoms. The minimum Gasteiger partial charge on any atom is -0.458 e. The highest BCUT2D eigenvalue weighted by Crippen LogP contribution is 2.26. The van der Waals surface area contributed by atoms with E-state index in [1.807, 2.05) is 30.3 Å². The van der Waals surface area contributed by atoms with Crippen molar-refractivity contribution in [2.45, 2.75) is 84.2 Å². The molecular formula is C33H43N3O7. The highest BCUT2D eigenvalue weighted by Gasteiger charge is 2.38. The normalized spacial score (nSPS) is 13.5. The van der Waals surface area contributed by atoms with Crippen LogP contribution in [0, 0.1) is 12.3 Å². The SMILES string of the molecule is C#Cc1ccccc1C(C(=O)NC(Cc1ccccc1)C(=O)OC(C)(C)C)N(CCO)C(=O)C(C)NC(=O)OC(C)(C)C.